The highest BCUT2D eigenvalue weighted by Crippen LogP contribution is 2.43. The summed E-state index contributed by atoms with van der Waals surface area (Å²) in [5.74, 6) is 1.64. The molecule has 0 unspecified atom stereocenters. The number of nitrogens with zero attached hydrogens (tertiary/aromatic N) is 1. The number of hydrogen-bond acceptors (Lipinski definition) is 3. The number of likely N-dealkylation sites (tertiary alicyclic amines) is 1. The fourth-order valence-electron chi connectivity index (χ4n) is 4.02. The Hall–Kier alpha value is -1.91. The molecule has 3 rings (SSSR count). The highest BCUT2D eigenvalue weighted by molar-refractivity contribution is 5.75. The molecule has 0 aliphatic carbocycles. The van der Waals surface area contributed by atoms with Crippen LogP contribution in [0.25, 0.3) is 0 Å². The van der Waals surface area contributed by atoms with Crippen LogP contribution in [-0.2, 0) is 12.8 Å². The van der Waals surface area contributed by atoms with E-state index in [0.717, 1.165) is 55.8 Å². The number of methoxy groups -OCH3 is 1. The Kier molecular flexibility index (Phi) is 5.09. The van der Waals surface area contributed by atoms with Gasteiger partial charge in [0.15, 0.2) is 11.5 Å². The van der Waals surface area contributed by atoms with Crippen molar-refractivity contribution in [1.82, 2.24) is 10.2 Å². The SMILES string of the molecule is COc1cc(CC(C)(C)NC(=O)N2CCCCC2)cc2c1OC(C)(C)C2. The maximum absolute atomic E-state index is 12.6. The van der Waals surface area contributed by atoms with Gasteiger partial charge in [0.05, 0.1) is 7.11 Å². The van der Waals surface area contributed by atoms with Crippen LogP contribution < -0.4 is 14.8 Å². The number of hydrogen-bond donors (Lipinski definition) is 1. The van der Waals surface area contributed by atoms with E-state index in [4.69, 9.17) is 9.47 Å². The Morgan fingerprint density at radius 2 is 1.96 bits per heavy atom. The average molecular weight is 360 g/mol. The molecule has 0 radical (unpaired) electrons. The predicted octanol–water partition coefficient (Wildman–Crippen LogP) is 3.93. The molecule has 2 aliphatic rings. The molecule has 26 heavy (non-hydrogen) atoms. The first-order chi connectivity index (χ1) is 12.2. The number of amides is 2. The number of carbonyl (C=O) groups is 1. The maximum atomic E-state index is 12.6. The summed E-state index contributed by atoms with van der Waals surface area (Å²) in [7, 11) is 1.68. The fraction of sp³-hybridized carbons (Fsp3) is 0.667. The molecular weight excluding hydrogens is 328 g/mol. The summed E-state index contributed by atoms with van der Waals surface area (Å²) in [6, 6.07) is 4.28. The number of ether oxygens (including phenoxy) is 2. The van der Waals surface area contributed by atoms with Crippen molar-refractivity contribution in [1.29, 1.82) is 0 Å². The molecule has 1 aromatic rings. The van der Waals surface area contributed by atoms with E-state index in [0.29, 0.717) is 0 Å². The van der Waals surface area contributed by atoms with E-state index in [-0.39, 0.29) is 17.2 Å². The van der Waals surface area contributed by atoms with Crippen LogP contribution in [-0.4, -0.2) is 42.3 Å². The molecule has 0 bridgehead atoms. The lowest BCUT2D eigenvalue weighted by Gasteiger charge is -2.33. The average Bonchev–Trinajstić information content (AvgIpc) is 2.87. The Balaban J connectivity index is 1.72. The van der Waals surface area contributed by atoms with Gasteiger partial charge in [0.2, 0.25) is 0 Å². The van der Waals surface area contributed by atoms with Crippen LogP contribution in [0.15, 0.2) is 12.1 Å². The van der Waals surface area contributed by atoms with Gasteiger partial charge in [0.25, 0.3) is 0 Å². The third-order valence-corrected chi connectivity index (χ3v) is 5.14. The van der Waals surface area contributed by atoms with Crippen LogP contribution in [0.3, 0.4) is 0 Å². The molecule has 5 heteroatoms. The Labute approximate surface area is 157 Å². The normalized spacial score (nSPS) is 18.9. The van der Waals surface area contributed by atoms with Gasteiger partial charge < -0.3 is 19.7 Å². The molecular formula is C21H32N2O3. The number of nitrogens with one attached hydrogen (secondary N) is 1. The number of piperidine rings is 1. The molecule has 5 nitrogen and oxygen atoms in total. The Morgan fingerprint density at radius 3 is 2.62 bits per heavy atom. The van der Waals surface area contributed by atoms with E-state index < -0.39 is 0 Å². The summed E-state index contributed by atoms with van der Waals surface area (Å²) in [6.45, 7) is 10.1. The van der Waals surface area contributed by atoms with Gasteiger partial charge in [-0.1, -0.05) is 6.07 Å². The molecule has 2 heterocycles. The first-order valence-corrected chi connectivity index (χ1v) is 9.65. The molecule has 0 aromatic heterocycles. The van der Waals surface area contributed by atoms with E-state index >= 15 is 0 Å². The van der Waals surface area contributed by atoms with Gasteiger partial charge in [-0.2, -0.15) is 0 Å². The zero-order valence-corrected chi connectivity index (χ0v) is 16.8. The Bertz CT molecular complexity index is 676. The van der Waals surface area contributed by atoms with Crippen molar-refractivity contribution in [3.8, 4) is 11.5 Å². The number of fused-ring (bicyclic) bond motifs is 1. The van der Waals surface area contributed by atoms with Gasteiger partial charge in [-0.05, 0) is 65.0 Å². The molecule has 0 saturated carbocycles. The summed E-state index contributed by atoms with van der Waals surface area (Å²) in [6.07, 6.45) is 5.04. The van der Waals surface area contributed by atoms with Gasteiger partial charge in [0.1, 0.15) is 5.60 Å². The third-order valence-electron chi connectivity index (χ3n) is 5.14. The van der Waals surface area contributed by atoms with E-state index in [2.05, 4.69) is 39.1 Å². The van der Waals surface area contributed by atoms with E-state index in [1.807, 2.05) is 11.0 Å². The third kappa shape index (κ3) is 4.25. The van der Waals surface area contributed by atoms with Crippen molar-refractivity contribution in [3.63, 3.8) is 0 Å². The van der Waals surface area contributed by atoms with Gasteiger partial charge >= 0.3 is 6.03 Å². The minimum Gasteiger partial charge on any atom is -0.493 e. The summed E-state index contributed by atoms with van der Waals surface area (Å²) < 4.78 is 11.6. The van der Waals surface area contributed by atoms with Crippen LogP contribution in [0, 0.1) is 0 Å². The molecule has 144 valence electrons. The molecule has 1 N–H and O–H groups in total. The van der Waals surface area contributed by atoms with Crippen molar-refractivity contribution in [2.45, 2.75) is 70.9 Å². The number of carbonyl (C=O) groups excluding carboxylic acids is 1. The second kappa shape index (κ2) is 7.01. The van der Waals surface area contributed by atoms with Crippen LogP contribution in [0.2, 0.25) is 0 Å². The molecule has 2 aliphatic heterocycles. The lowest BCUT2D eigenvalue weighted by Crippen LogP contribution is -2.52. The quantitative estimate of drug-likeness (QED) is 0.885. The molecule has 0 spiro atoms. The molecule has 1 aromatic carbocycles. The lowest BCUT2D eigenvalue weighted by molar-refractivity contribution is 0.134. The van der Waals surface area contributed by atoms with Gasteiger partial charge in [-0.3, -0.25) is 0 Å². The zero-order valence-electron chi connectivity index (χ0n) is 16.8. The fourth-order valence-corrected chi connectivity index (χ4v) is 4.02. The lowest BCUT2D eigenvalue weighted by atomic mass is 9.92. The predicted molar refractivity (Wildman–Crippen MR) is 103 cm³/mol. The monoisotopic (exact) mass is 360 g/mol. The minimum atomic E-state index is -0.331. The Morgan fingerprint density at radius 1 is 1.27 bits per heavy atom. The van der Waals surface area contributed by atoms with Crippen molar-refractivity contribution in [2.24, 2.45) is 0 Å². The summed E-state index contributed by atoms with van der Waals surface area (Å²) in [5, 5.41) is 3.21. The van der Waals surface area contributed by atoms with Crippen molar-refractivity contribution >= 4 is 6.03 Å². The van der Waals surface area contributed by atoms with Gasteiger partial charge in [-0.15, -0.1) is 0 Å². The number of urea groups is 1. The second-order valence-corrected chi connectivity index (χ2v) is 8.86. The van der Waals surface area contributed by atoms with Crippen LogP contribution in [0.1, 0.15) is 58.1 Å². The topological polar surface area (TPSA) is 50.8 Å². The smallest absolute Gasteiger partial charge is 0.317 e. The number of rotatable bonds is 4. The van der Waals surface area contributed by atoms with E-state index in [1.165, 1.54) is 12.0 Å². The number of benzene rings is 1. The highest BCUT2D eigenvalue weighted by Gasteiger charge is 2.34. The minimum absolute atomic E-state index is 0.0484. The van der Waals surface area contributed by atoms with E-state index in [9.17, 15) is 4.79 Å². The summed E-state index contributed by atoms with van der Waals surface area (Å²) in [4.78, 5) is 14.5. The molecule has 1 saturated heterocycles. The van der Waals surface area contributed by atoms with Gasteiger partial charge in [0, 0.05) is 30.6 Å². The maximum Gasteiger partial charge on any atom is 0.317 e. The first-order valence-electron chi connectivity index (χ1n) is 9.65. The summed E-state index contributed by atoms with van der Waals surface area (Å²) >= 11 is 0. The molecule has 1 fully saturated rings. The van der Waals surface area contributed by atoms with Crippen molar-refractivity contribution < 1.29 is 14.3 Å². The zero-order chi connectivity index (χ0) is 18.9. The molecule has 2 amide bonds. The largest absolute Gasteiger partial charge is 0.493 e. The van der Waals surface area contributed by atoms with E-state index in [1.54, 1.807) is 7.11 Å². The van der Waals surface area contributed by atoms with Crippen molar-refractivity contribution in [3.05, 3.63) is 23.3 Å². The van der Waals surface area contributed by atoms with Crippen LogP contribution >= 0.6 is 0 Å². The van der Waals surface area contributed by atoms with Crippen LogP contribution in [0.4, 0.5) is 4.79 Å². The summed E-state index contributed by atoms with van der Waals surface area (Å²) in [5.41, 5.74) is 1.81. The first kappa shape index (κ1) is 18.9. The standard InChI is InChI=1S/C21H32N2O3/c1-20(2,22-19(24)23-9-7-6-8-10-23)13-15-11-16-14-21(3,4)26-18(16)17(12-15)25-5/h11-12H,6-10,13-14H2,1-5H3,(H,22,24). The van der Waals surface area contributed by atoms with Crippen molar-refractivity contribution in [2.75, 3.05) is 20.2 Å². The van der Waals surface area contributed by atoms with Gasteiger partial charge in [-0.25, -0.2) is 4.79 Å². The van der Waals surface area contributed by atoms with Crippen LogP contribution in [0.5, 0.6) is 11.5 Å². The molecule has 0 atom stereocenters. The second-order valence-electron chi connectivity index (χ2n) is 8.86. The highest BCUT2D eigenvalue weighted by atomic mass is 16.5.